The summed E-state index contributed by atoms with van der Waals surface area (Å²) in [5.41, 5.74) is -0.435. The molecule has 0 amide bonds. The van der Waals surface area contributed by atoms with E-state index in [9.17, 15) is 15.3 Å². The molecule has 5 atom stereocenters. The number of hydrogen-bond donors (Lipinski definition) is 3. The summed E-state index contributed by atoms with van der Waals surface area (Å²) in [7, 11) is 0. The first-order valence-corrected chi connectivity index (χ1v) is 6.31. The Hall–Kier alpha value is -0.160. The van der Waals surface area contributed by atoms with Crippen LogP contribution in [0.15, 0.2) is 0 Å². The molecule has 3 rings (SSSR count). The fourth-order valence-electron chi connectivity index (χ4n) is 3.36. The van der Waals surface area contributed by atoms with Crippen molar-refractivity contribution in [1.29, 1.82) is 0 Å². The second-order valence-corrected chi connectivity index (χ2v) is 5.76. The van der Waals surface area contributed by atoms with Crippen molar-refractivity contribution in [2.24, 2.45) is 11.8 Å². The van der Waals surface area contributed by atoms with Gasteiger partial charge in [0.15, 0.2) is 6.29 Å². The summed E-state index contributed by atoms with van der Waals surface area (Å²) < 4.78 is 5.37. The molecular formula is C12H20O4. The summed E-state index contributed by atoms with van der Waals surface area (Å²) in [4.78, 5) is 0. The normalized spacial score (nSPS) is 49.3. The van der Waals surface area contributed by atoms with Crippen molar-refractivity contribution in [3.05, 3.63) is 0 Å². The lowest BCUT2D eigenvalue weighted by Gasteiger charge is -2.21. The van der Waals surface area contributed by atoms with Crippen LogP contribution in [-0.2, 0) is 4.74 Å². The average molecular weight is 228 g/mol. The van der Waals surface area contributed by atoms with Crippen LogP contribution in [0.4, 0.5) is 0 Å². The first-order valence-electron chi connectivity index (χ1n) is 6.31. The predicted octanol–water partition coefficient (Wildman–Crippen LogP) is 0.396. The lowest BCUT2D eigenvalue weighted by atomic mass is 9.87. The Morgan fingerprint density at radius 1 is 1.19 bits per heavy atom. The smallest absolute Gasteiger partial charge is 0.155 e. The van der Waals surface area contributed by atoms with Crippen LogP contribution in [0.3, 0.4) is 0 Å². The van der Waals surface area contributed by atoms with Gasteiger partial charge in [-0.1, -0.05) is 0 Å². The summed E-state index contributed by atoms with van der Waals surface area (Å²) >= 11 is 0. The minimum Gasteiger partial charge on any atom is -0.393 e. The van der Waals surface area contributed by atoms with E-state index in [2.05, 4.69) is 0 Å². The van der Waals surface area contributed by atoms with Crippen molar-refractivity contribution >= 4 is 0 Å². The molecule has 2 saturated carbocycles. The van der Waals surface area contributed by atoms with Crippen LogP contribution in [0.25, 0.3) is 0 Å². The van der Waals surface area contributed by atoms with Crippen LogP contribution >= 0.6 is 0 Å². The van der Waals surface area contributed by atoms with Crippen molar-refractivity contribution in [2.45, 2.75) is 62.6 Å². The molecule has 3 aliphatic rings. The van der Waals surface area contributed by atoms with Crippen LogP contribution in [0, 0.1) is 11.8 Å². The predicted molar refractivity (Wildman–Crippen MR) is 56.5 cm³/mol. The lowest BCUT2D eigenvalue weighted by Crippen LogP contribution is -2.22. The van der Waals surface area contributed by atoms with Gasteiger partial charge in [0.25, 0.3) is 0 Å². The maximum Gasteiger partial charge on any atom is 0.155 e. The number of aliphatic hydroxyl groups excluding tert-OH is 2. The number of hydrogen-bond acceptors (Lipinski definition) is 4. The molecule has 3 fully saturated rings. The van der Waals surface area contributed by atoms with Crippen molar-refractivity contribution in [3.8, 4) is 0 Å². The van der Waals surface area contributed by atoms with Gasteiger partial charge in [-0.2, -0.15) is 0 Å². The molecule has 0 aromatic rings. The molecule has 1 saturated heterocycles. The summed E-state index contributed by atoms with van der Waals surface area (Å²) in [6.07, 6.45) is 3.81. The first kappa shape index (κ1) is 11.0. The van der Waals surface area contributed by atoms with Crippen molar-refractivity contribution < 1.29 is 20.1 Å². The van der Waals surface area contributed by atoms with Crippen LogP contribution in [0.2, 0.25) is 0 Å². The Morgan fingerprint density at radius 2 is 1.94 bits per heavy atom. The van der Waals surface area contributed by atoms with E-state index in [0.29, 0.717) is 12.8 Å². The van der Waals surface area contributed by atoms with E-state index in [1.807, 2.05) is 0 Å². The molecule has 0 aromatic carbocycles. The summed E-state index contributed by atoms with van der Waals surface area (Å²) in [5, 5.41) is 29.2. The van der Waals surface area contributed by atoms with E-state index in [1.165, 1.54) is 0 Å². The molecule has 2 aliphatic carbocycles. The maximum atomic E-state index is 9.96. The zero-order valence-electron chi connectivity index (χ0n) is 9.38. The van der Waals surface area contributed by atoms with E-state index in [-0.39, 0.29) is 24.0 Å². The molecule has 1 aliphatic heterocycles. The maximum absolute atomic E-state index is 9.96. The minimum atomic E-state index is -0.644. The Balaban J connectivity index is 1.60. The van der Waals surface area contributed by atoms with Gasteiger partial charge in [-0.05, 0) is 37.5 Å². The summed E-state index contributed by atoms with van der Waals surface area (Å²) in [5.74, 6) is 0.485. The first-order chi connectivity index (χ1) is 7.57. The largest absolute Gasteiger partial charge is 0.393 e. The quantitative estimate of drug-likeness (QED) is 0.654. The highest BCUT2D eigenvalue weighted by atomic mass is 16.6. The Kier molecular flexibility index (Phi) is 2.51. The zero-order valence-corrected chi connectivity index (χ0v) is 9.38. The molecule has 0 aromatic heterocycles. The Morgan fingerprint density at radius 3 is 2.62 bits per heavy atom. The molecule has 3 N–H and O–H groups in total. The lowest BCUT2D eigenvalue weighted by molar-refractivity contribution is -0.0951. The van der Waals surface area contributed by atoms with Gasteiger partial charge in [0.1, 0.15) is 0 Å². The number of fused-ring (bicyclic) bond motifs is 1. The van der Waals surface area contributed by atoms with Crippen LogP contribution < -0.4 is 0 Å². The fourth-order valence-corrected chi connectivity index (χ4v) is 3.36. The molecule has 0 bridgehead atoms. The molecule has 4 nitrogen and oxygen atoms in total. The molecule has 92 valence electrons. The van der Waals surface area contributed by atoms with Crippen LogP contribution in [0.5, 0.6) is 0 Å². The highest BCUT2D eigenvalue weighted by Gasteiger charge is 2.50. The Bertz CT molecular complexity index is 276. The SMILES string of the molecule is OC1C[C@H]2C(C[C@H](O)[C@@H]2CCC2(O)CC2)O1. The van der Waals surface area contributed by atoms with E-state index in [1.54, 1.807) is 0 Å². The summed E-state index contributed by atoms with van der Waals surface area (Å²) in [6.45, 7) is 0. The average Bonchev–Trinajstić information content (AvgIpc) is 2.73. The van der Waals surface area contributed by atoms with Crippen molar-refractivity contribution in [3.63, 3.8) is 0 Å². The fraction of sp³-hybridized carbons (Fsp3) is 1.00. The molecule has 4 heteroatoms. The van der Waals surface area contributed by atoms with Gasteiger partial charge in [0.2, 0.25) is 0 Å². The standard InChI is InChI=1S/C12H20O4/c13-9-6-10-8(5-11(14)16-10)7(9)1-2-12(15)3-4-12/h7-11,13-15H,1-6H2/t7-,8-,9+,10?,11?/m1/s1. The van der Waals surface area contributed by atoms with E-state index in [0.717, 1.165) is 25.7 Å². The van der Waals surface area contributed by atoms with Crippen molar-refractivity contribution in [2.75, 3.05) is 0 Å². The van der Waals surface area contributed by atoms with Crippen molar-refractivity contribution in [1.82, 2.24) is 0 Å². The third kappa shape index (κ3) is 1.88. The summed E-state index contributed by atoms with van der Waals surface area (Å²) in [6, 6.07) is 0. The molecule has 16 heavy (non-hydrogen) atoms. The van der Waals surface area contributed by atoms with E-state index >= 15 is 0 Å². The molecule has 1 heterocycles. The number of ether oxygens (including phenoxy) is 1. The second-order valence-electron chi connectivity index (χ2n) is 5.76. The third-order valence-corrected chi connectivity index (χ3v) is 4.57. The minimum absolute atomic E-state index is 0.0313. The monoisotopic (exact) mass is 228 g/mol. The molecule has 2 unspecified atom stereocenters. The molecule has 0 radical (unpaired) electrons. The second kappa shape index (κ2) is 3.67. The van der Waals surface area contributed by atoms with Gasteiger partial charge in [0, 0.05) is 12.8 Å². The number of rotatable bonds is 3. The van der Waals surface area contributed by atoms with E-state index < -0.39 is 11.9 Å². The van der Waals surface area contributed by atoms with Gasteiger partial charge < -0.3 is 20.1 Å². The Labute approximate surface area is 95.2 Å². The van der Waals surface area contributed by atoms with Crippen LogP contribution in [-0.4, -0.2) is 39.4 Å². The van der Waals surface area contributed by atoms with Gasteiger partial charge in [-0.15, -0.1) is 0 Å². The zero-order chi connectivity index (χ0) is 11.3. The van der Waals surface area contributed by atoms with Gasteiger partial charge in [-0.25, -0.2) is 0 Å². The van der Waals surface area contributed by atoms with Gasteiger partial charge in [0.05, 0.1) is 17.8 Å². The highest BCUT2D eigenvalue weighted by molar-refractivity contribution is 4.99. The van der Waals surface area contributed by atoms with Gasteiger partial charge >= 0.3 is 0 Å². The van der Waals surface area contributed by atoms with Crippen LogP contribution in [0.1, 0.15) is 38.5 Å². The number of aliphatic hydroxyl groups is 3. The highest BCUT2D eigenvalue weighted by Crippen LogP contribution is 2.47. The molecule has 0 spiro atoms. The van der Waals surface area contributed by atoms with Gasteiger partial charge in [-0.3, -0.25) is 0 Å². The third-order valence-electron chi connectivity index (χ3n) is 4.57. The van der Waals surface area contributed by atoms with E-state index in [4.69, 9.17) is 4.74 Å². The topological polar surface area (TPSA) is 69.9 Å². The molecular weight excluding hydrogens is 208 g/mol.